The zero-order valence-electron chi connectivity index (χ0n) is 12.8. The minimum Gasteiger partial charge on any atom is -0.273 e. The Labute approximate surface area is 135 Å². The molecule has 0 bridgehead atoms. The van der Waals surface area contributed by atoms with Crippen LogP contribution < -0.4 is 5.43 Å². The summed E-state index contributed by atoms with van der Waals surface area (Å²) in [7, 11) is -6.38. The number of hydrogen-bond acceptors (Lipinski definition) is 6. The summed E-state index contributed by atoms with van der Waals surface area (Å²) in [6.45, 7) is 1.67. The quantitative estimate of drug-likeness (QED) is 0.617. The molecular formula is C14H18N2O5S2. The van der Waals surface area contributed by atoms with Gasteiger partial charge < -0.3 is 0 Å². The van der Waals surface area contributed by atoms with E-state index in [2.05, 4.69) is 10.5 Å². The number of nitrogens with zero attached hydrogens (tertiary/aromatic N) is 1. The highest BCUT2D eigenvalue weighted by molar-refractivity contribution is 7.91. The standard InChI is InChI=1S/C14H18N2O5S2/c1-10(11-3-5-13(6-4-11)22(2,18)19)15-16-14(17)12-7-8-23(20,21)9-12/h3-6,12H,7-9H2,1-2H3,(H,16,17)/b15-10-/t12-/m0/s1. The lowest BCUT2D eigenvalue weighted by molar-refractivity contribution is -0.124. The van der Waals surface area contributed by atoms with Gasteiger partial charge in [-0.3, -0.25) is 4.79 Å². The average molecular weight is 358 g/mol. The van der Waals surface area contributed by atoms with E-state index in [0.717, 1.165) is 6.26 Å². The van der Waals surface area contributed by atoms with Crippen LogP contribution in [0.5, 0.6) is 0 Å². The van der Waals surface area contributed by atoms with Crippen LogP contribution in [0.1, 0.15) is 18.9 Å². The van der Waals surface area contributed by atoms with Gasteiger partial charge in [-0.1, -0.05) is 12.1 Å². The second kappa shape index (κ2) is 6.40. The summed E-state index contributed by atoms with van der Waals surface area (Å²) in [6, 6.07) is 6.13. The van der Waals surface area contributed by atoms with Gasteiger partial charge in [-0.2, -0.15) is 5.10 Å². The van der Waals surface area contributed by atoms with Crippen molar-refractivity contribution in [2.75, 3.05) is 17.8 Å². The predicted molar refractivity (Wildman–Crippen MR) is 86.7 cm³/mol. The van der Waals surface area contributed by atoms with Gasteiger partial charge in [0.2, 0.25) is 5.91 Å². The first-order valence-corrected chi connectivity index (χ1v) is 10.6. The van der Waals surface area contributed by atoms with E-state index in [9.17, 15) is 21.6 Å². The van der Waals surface area contributed by atoms with Gasteiger partial charge in [-0.05, 0) is 31.0 Å². The summed E-state index contributed by atoms with van der Waals surface area (Å²) in [5, 5.41) is 3.95. The molecule has 126 valence electrons. The Hall–Kier alpha value is -1.74. The van der Waals surface area contributed by atoms with Crippen molar-refractivity contribution in [1.82, 2.24) is 5.43 Å². The van der Waals surface area contributed by atoms with Crippen LogP contribution in [-0.4, -0.2) is 46.2 Å². The lowest BCUT2D eigenvalue weighted by atomic mass is 10.1. The lowest BCUT2D eigenvalue weighted by Gasteiger charge is -2.07. The van der Waals surface area contributed by atoms with Gasteiger partial charge in [0, 0.05) is 6.26 Å². The molecule has 0 aromatic heterocycles. The van der Waals surface area contributed by atoms with Crippen LogP contribution >= 0.6 is 0 Å². The van der Waals surface area contributed by atoms with Gasteiger partial charge >= 0.3 is 0 Å². The maximum absolute atomic E-state index is 11.9. The number of sulfone groups is 2. The van der Waals surface area contributed by atoms with Crippen LogP contribution in [-0.2, 0) is 24.5 Å². The van der Waals surface area contributed by atoms with Crippen LogP contribution in [0.4, 0.5) is 0 Å². The fourth-order valence-electron chi connectivity index (χ4n) is 2.24. The Kier molecular flexibility index (Phi) is 4.90. The molecule has 1 N–H and O–H groups in total. The molecule has 1 aliphatic rings. The summed E-state index contributed by atoms with van der Waals surface area (Å²) >= 11 is 0. The van der Waals surface area contributed by atoms with E-state index in [0.29, 0.717) is 17.7 Å². The van der Waals surface area contributed by atoms with E-state index in [-0.39, 0.29) is 16.4 Å². The van der Waals surface area contributed by atoms with Crippen molar-refractivity contribution >= 4 is 31.3 Å². The highest BCUT2D eigenvalue weighted by Gasteiger charge is 2.32. The number of carbonyl (C=O) groups excluding carboxylic acids is 1. The number of rotatable bonds is 4. The molecule has 7 nitrogen and oxygen atoms in total. The van der Waals surface area contributed by atoms with E-state index in [1.165, 1.54) is 12.1 Å². The smallest absolute Gasteiger partial charge is 0.244 e. The van der Waals surface area contributed by atoms with Crippen LogP contribution in [0.15, 0.2) is 34.3 Å². The van der Waals surface area contributed by atoms with Crippen molar-refractivity contribution in [3.8, 4) is 0 Å². The number of hydrogen-bond donors (Lipinski definition) is 1. The molecule has 1 heterocycles. The molecule has 1 aromatic carbocycles. The number of amides is 1. The van der Waals surface area contributed by atoms with Crippen molar-refractivity contribution < 1.29 is 21.6 Å². The molecule has 0 aliphatic carbocycles. The molecule has 0 saturated carbocycles. The Bertz CT molecular complexity index is 840. The van der Waals surface area contributed by atoms with Gasteiger partial charge in [0.05, 0.1) is 28.0 Å². The molecule has 1 amide bonds. The van der Waals surface area contributed by atoms with Crippen LogP contribution in [0.25, 0.3) is 0 Å². The number of carbonyl (C=O) groups is 1. The van der Waals surface area contributed by atoms with E-state index in [1.807, 2.05) is 0 Å². The Morgan fingerprint density at radius 3 is 2.35 bits per heavy atom. The van der Waals surface area contributed by atoms with Gasteiger partial charge in [0.1, 0.15) is 0 Å². The van der Waals surface area contributed by atoms with Crippen molar-refractivity contribution in [1.29, 1.82) is 0 Å². The summed E-state index contributed by atoms with van der Waals surface area (Å²) in [4.78, 5) is 12.1. The summed E-state index contributed by atoms with van der Waals surface area (Å²) in [6.07, 6.45) is 1.44. The zero-order valence-corrected chi connectivity index (χ0v) is 14.4. The second-order valence-corrected chi connectivity index (χ2v) is 9.81. The van der Waals surface area contributed by atoms with Crippen LogP contribution in [0.2, 0.25) is 0 Å². The van der Waals surface area contributed by atoms with Gasteiger partial charge in [0.25, 0.3) is 0 Å². The fourth-order valence-corrected chi connectivity index (χ4v) is 4.61. The SMILES string of the molecule is C/C(=N/NC(=O)[C@H]1CCS(=O)(=O)C1)c1ccc(S(C)(=O)=O)cc1. The number of benzene rings is 1. The number of nitrogens with one attached hydrogen (secondary N) is 1. The molecule has 9 heteroatoms. The Morgan fingerprint density at radius 2 is 1.87 bits per heavy atom. The second-order valence-electron chi connectivity index (χ2n) is 5.57. The summed E-state index contributed by atoms with van der Waals surface area (Å²) in [5.74, 6) is -1.10. The molecule has 0 unspecified atom stereocenters. The molecule has 0 radical (unpaired) electrons. The van der Waals surface area contributed by atoms with Gasteiger partial charge in [-0.25, -0.2) is 22.3 Å². The summed E-state index contributed by atoms with van der Waals surface area (Å²) < 4.78 is 45.5. The molecule has 2 rings (SSSR count). The van der Waals surface area contributed by atoms with Crippen molar-refractivity contribution in [2.45, 2.75) is 18.2 Å². The van der Waals surface area contributed by atoms with Crippen molar-refractivity contribution in [3.63, 3.8) is 0 Å². The maximum atomic E-state index is 11.9. The van der Waals surface area contributed by atoms with E-state index in [4.69, 9.17) is 0 Å². The third kappa shape index (κ3) is 4.61. The number of hydrazone groups is 1. The first kappa shape index (κ1) is 17.6. The van der Waals surface area contributed by atoms with Crippen LogP contribution in [0.3, 0.4) is 0 Å². The molecule has 23 heavy (non-hydrogen) atoms. The highest BCUT2D eigenvalue weighted by Crippen LogP contribution is 2.18. The van der Waals surface area contributed by atoms with E-state index >= 15 is 0 Å². The summed E-state index contributed by atoms with van der Waals surface area (Å²) in [5.41, 5.74) is 3.53. The van der Waals surface area contributed by atoms with Crippen molar-refractivity contribution in [3.05, 3.63) is 29.8 Å². The first-order valence-electron chi connectivity index (χ1n) is 6.93. The van der Waals surface area contributed by atoms with Crippen LogP contribution in [0, 0.1) is 5.92 Å². The minimum atomic E-state index is -3.26. The molecular weight excluding hydrogens is 340 g/mol. The monoisotopic (exact) mass is 358 g/mol. The van der Waals surface area contributed by atoms with E-state index in [1.54, 1.807) is 19.1 Å². The third-order valence-corrected chi connectivity index (χ3v) is 6.53. The molecule has 1 saturated heterocycles. The topological polar surface area (TPSA) is 110 Å². The molecule has 1 atom stereocenters. The fraction of sp³-hybridized carbons (Fsp3) is 0.429. The largest absolute Gasteiger partial charge is 0.273 e. The average Bonchev–Trinajstić information content (AvgIpc) is 2.84. The van der Waals surface area contributed by atoms with Gasteiger partial charge in [-0.15, -0.1) is 0 Å². The predicted octanol–water partition coefficient (Wildman–Crippen LogP) is 0.365. The molecule has 0 spiro atoms. The lowest BCUT2D eigenvalue weighted by Crippen LogP contribution is -2.28. The zero-order chi connectivity index (χ0) is 17.3. The Balaban J connectivity index is 2.04. The van der Waals surface area contributed by atoms with Crippen molar-refractivity contribution in [2.24, 2.45) is 11.0 Å². The third-order valence-electron chi connectivity index (χ3n) is 3.64. The normalized spacial score (nSPS) is 21.1. The van der Waals surface area contributed by atoms with E-state index < -0.39 is 31.5 Å². The molecule has 1 aliphatic heterocycles. The molecule has 1 fully saturated rings. The van der Waals surface area contributed by atoms with Gasteiger partial charge in [0.15, 0.2) is 19.7 Å². The Morgan fingerprint density at radius 1 is 1.26 bits per heavy atom. The maximum Gasteiger partial charge on any atom is 0.244 e. The minimum absolute atomic E-state index is 0.0285. The first-order chi connectivity index (χ1) is 10.6. The highest BCUT2D eigenvalue weighted by atomic mass is 32.2. The molecule has 1 aromatic rings.